The quantitative estimate of drug-likeness (QED) is 0.793. The number of aliphatic hydroxyl groups is 1. The van der Waals surface area contributed by atoms with Crippen LogP contribution in [-0.4, -0.2) is 16.3 Å². The van der Waals surface area contributed by atoms with E-state index >= 15 is 0 Å². The molecule has 1 rings (SSSR count). The number of aliphatic hydroxyl groups excluding tert-OH is 1. The van der Waals surface area contributed by atoms with Gasteiger partial charge in [0.2, 0.25) is 0 Å². The summed E-state index contributed by atoms with van der Waals surface area (Å²) >= 11 is 3.14. The van der Waals surface area contributed by atoms with Crippen LogP contribution in [-0.2, 0) is 6.54 Å². The van der Waals surface area contributed by atoms with Crippen molar-refractivity contribution in [2.24, 2.45) is 0 Å². The molecule has 4 nitrogen and oxygen atoms in total. The van der Waals surface area contributed by atoms with E-state index in [4.69, 9.17) is 10.8 Å². The highest BCUT2D eigenvalue weighted by molar-refractivity contribution is 9.10. The number of pyridine rings is 1. The molecule has 0 aliphatic carbocycles. The molecule has 0 unspecified atom stereocenters. The van der Waals surface area contributed by atoms with Gasteiger partial charge in [-0.2, -0.15) is 0 Å². The number of rotatable bonds is 4. The lowest BCUT2D eigenvalue weighted by molar-refractivity contribution is 0.281. The van der Waals surface area contributed by atoms with Gasteiger partial charge < -0.3 is 15.4 Å². The topological polar surface area (TPSA) is 68.2 Å². The summed E-state index contributed by atoms with van der Waals surface area (Å²) in [6.07, 6.45) is 3.08. The second-order valence-corrected chi connectivity index (χ2v) is 3.90. The van der Waals surface area contributed by atoms with E-state index in [1.54, 1.807) is 16.8 Å². The molecule has 0 aromatic carbocycles. The van der Waals surface area contributed by atoms with Gasteiger partial charge in [-0.15, -0.1) is 0 Å². The minimum atomic E-state index is -0.0860. The molecule has 1 aromatic heterocycles. The highest BCUT2D eigenvalue weighted by Gasteiger charge is 2.01. The van der Waals surface area contributed by atoms with Gasteiger partial charge in [0.25, 0.3) is 5.56 Å². The number of aryl methyl sites for hydroxylation is 1. The van der Waals surface area contributed by atoms with Crippen LogP contribution in [0.25, 0.3) is 0 Å². The number of nitrogen functional groups attached to an aromatic ring is 1. The molecule has 5 heteroatoms. The molecule has 0 spiro atoms. The van der Waals surface area contributed by atoms with Crippen molar-refractivity contribution in [3.8, 4) is 0 Å². The number of hydrogen-bond donors (Lipinski definition) is 2. The number of nitrogens with zero attached hydrogens (tertiary/aromatic N) is 1. The fraction of sp³-hybridized carbons (Fsp3) is 0.444. The molecule has 1 aromatic rings. The van der Waals surface area contributed by atoms with Crippen molar-refractivity contribution in [2.45, 2.75) is 19.4 Å². The van der Waals surface area contributed by atoms with Crippen molar-refractivity contribution < 1.29 is 5.11 Å². The van der Waals surface area contributed by atoms with Crippen LogP contribution in [0.2, 0.25) is 0 Å². The molecule has 0 bridgehead atoms. The third kappa shape index (κ3) is 2.85. The molecule has 78 valence electrons. The van der Waals surface area contributed by atoms with Gasteiger partial charge in [-0.25, -0.2) is 0 Å². The van der Waals surface area contributed by atoms with Gasteiger partial charge in [0, 0.05) is 25.0 Å². The van der Waals surface area contributed by atoms with Crippen LogP contribution in [0.1, 0.15) is 12.8 Å². The lowest BCUT2D eigenvalue weighted by Crippen LogP contribution is -2.20. The van der Waals surface area contributed by atoms with Gasteiger partial charge in [-0.05, 0) is 34.8 Å². The van der Waals surface area contributed by atoms with Crippen molar-refractivity contribution in [2.75, 3.05) is 12.3 Å². The number of halogens is 1. The van der Waals surface area contributed by atoms with Gasteiger partial charge in [0.05, 0.1) is 4.47 Å². The number of unbranched alkanes of at least 4 members (excludes halogenated alkanes) is 1. The molecule has 1 heterocycles. The summed E-state index contributed by atoms with van der Waals surface area (Å²) in [5, 5.41) is 8.60. The molecule has 3 N–H and O–H groups in total. The Labute approximate surface area is 90.5 Å². The maximum Gasteiger partial charge on any atom is 0.264 e. The Bertz CT molecular complexity index is 362. The zero-order valence-electron chi connectivity index (χ0n) is 7.74. The molecule has 0 aliphatic heterocycles. The minimum Gasteiger partial charge on any atom is -0.398 e. The summed E-state index contributed by atoms with van der Waals surface area (Å²) in [6.45, 7) is 0.737. The van der Waals surface area contributed by atoms with E-state index in [1.807, 2.05) is 0 Å². The van der Waals surface area contributed by atoms with Crippen molar-refractivity contribution in [3.63, 3.8) is 0 Å². The first-order chi connectivity index (χ1) is 6.65. The normalized spacial score (nSPS) is 10.4. The zero-order valence-corrected chi connectivity index (χ0v) is 9.33. The molecule has 0 atom stereocenters. The van der Waals surface area contributed by atoms with Gasteiger partial charge in [-0.1, -0.05) is 0 Å². The summed E-state index contributed by atoms with van der Waals surface area (Å²) in [6, 6.07) is 1.59. The van der Waals surface area contributed by atoms with Gasteiger partial charge in [-0.3, -0.25) is 4.79 Å². The van der Waals surface area contributed by atoms with Crippen LogP contribution in [0.5, 0.6) is 0 Å². The molecule has 14 heavy (non-hydrogen) atoms. The Morgan fingerprint density at radius 1 is 1.50 bits per heavy atom. The maximum absolute atomic E-state index is 11.5. The van der Waals surface area contributed by atoms with Crippen LogP contribution >= 0.6 is 15.9 Å². The average molecular weight is 261 g/mol. The SMILES string of the molecule is Nc1cc(Br)c(=O)n(CCCCO)c1. The first kappa shape index (κ1) is 11.3. The van der Waals surface area contributed by atoms with Crippen molar-refractivity contribution >= 4 is 21.6 Å². The van der Waals surface area contributed by atoms with Gasteiger partial charge >= 0.3 is 0 Å². The second kappa shape index (κ2) is 5.17. The highest BCUT2D eigenvalue weighted by Crippen LogP contribution is 2.08. The van der Waals surface area contributed by atoms with E-state index in [1.165, 1.54) is 0 Å². The highest BCUT2D eigenvalue weighted by atomic mass is 79.9. The molecular formula is C9H13BrN2O2. The molecule has 0 fully saturated rings. The van der Waals surface area contributed by atoms with E-state index in [0.29, 0.717) is 23.1 Å². The lowest BCUT2D eigenvalue weighted by Gasteiger charge is -2.06. The third-order valence-electron chi connectivity index (χ3n) is 1.87. The van der Waals surface area contributed by atoms with E-state index in [0.717, 1.165) is 6.42 Å². The fourth-order valence-electron chi connectivity index (χ4n) is 1.18. The molecule has 0 aliphatic rings. The van der Waals surface area contributed by atoms with Crippen LogP contribution in [0, 0.1) is 0 Å². The average Bonchev–Trinajstić information content (AvgIpc) is 2.13. The summed E-state index contributed by atoms with van der Waals surface area (Å²) in [4.78, 5) is 11.5. The van der Waals surface area contributed by atoms with E-state index in [-0.39, 0.29) is 12.2 Å². The Kier molecular flexibility index (Phi) is 4.16. The fourth-order valence-corrected chi connectivity index (χ4v) is 1.67. The Morgan fingerprint density at radius 2 is 2.21 bits per heavy atom. The Morgan fingerprint density at radius 3 is 2.86 bits per heavy atom. The summed E-state index contributed by atoms with van der Waals surface area (Å²) in [5.74, 6) is 0. The molecular weight excluding hydrogens is 248 g/mol. The lowest BCUT2D eigenvalue weighted by atomic mass is 10.3. The minimum absolute atomic E-state index is 0.0860. The van der Waals surface area contributed by atoms with Crippen molar-refractivity contribution in [1.82, 2.24) is 4.57 Å². The Balaban J connectivity index is 2.81. The zero-order chi connectivity index (χ0) is 10.6. The van der Waals surface area contributed by atoms with Crippen molar-refractivity contribution in [1.29, 1.82) is 0 Å². The third-order valence-corrected chi connectivity index (χ3v) is 2.44. The van der Waals surface area contributed by atoms with Gasteiger partial charge in [0.1, 0.15) is 0 Å². The van der Waals surface area contributed by atoms with Crippen LogP contribution in [0.4, 0.5) is 5.69 Å². The number of anilines is 1. The largest absolute Gasteiger partial charge is 0.398 e. The maximum atomic E-state index is 11.5. The molecule has 0 saturated heterocycles. The van der Waals surface area contributed by atoms with E-state index in [9.17, 15) is 4.79 Å². The predicted molar refractivity (Wildman–Crippen MR) is 59.1 cm³/mol. The predicted octanol–water partition coefficient (Wildman–Crippen LogP) is 0.966. The number of hydrogen-bond acceptors (Lipinski definition) is 3. The first-order valence-corrected chi connectivity index (χ1v) is 5.21. The van der Waals surface area contributed by atoms with Crippen LogP contribution < -0.4 is 11.3 Å². The summed E-state index contributed by atoms with van der Waals surface area (Å²) in [5.41, 5.74) is 6.06. The number of nitrogens with two attached hydrogens (primary N) is 1. The summed E-state index contributed by atoms with van der Waals surface area (Å²) in [7, 11) is 0. The number of aromatic nitrogens is 1. The molecule has 0 radical (unpaired) electrons. The first-order valence-electron chi connectivity index (χ1n) is 4.41. The standard InChI is InChI=1S/C9H13BrN2O2/c10-8-5-7(11)6-12(9(8)14)3-1-2-4-13/h5-6,13H,1-4,11H2. The smallest absolute Gasteiger partial charge is 0.264 e. The van der Waals surface area contributed by atoms with Crippen molar-refractivity contribution in [3.05, 3.63) is 27.1 Å². The van der Waals surface area contributed by atoms with E-state index < -0.39 is 0 Å². The van der Waals surface area contributed by atoms with Crippen LogP contribution in [0.15, 0.2) is 21.5 Å². The molecule has 0 amide bonds. The van der Waals surface area contributed by atoms with Gasteiger partial charge in [0.15, 0.2) is 0 Å². The van der Waals surface area contributed by atoms with E-state index in [2.05, 4.69) is 15.9 Å². The monoisotopic (exact) mass is 260 g/mol. The summed E-state index contributed by atoms with van der Waals surface area (Å²) < 4.78 is 2.02. The van der Waals surface area contributed by atoms with Crippen LogP contribution in [0.3, 0.4) is 0 Å². The molecule has 0 saturated carbocycles. The second-order valence-electron chi connectivity index (χ2n) is 3.05. The Hall–Kier alpha value is -0.810.